The Kier molecular flexibility index (Phi) is 4.70. The number of hydrogen-bond donors (Lipinski definition) is 2. The van der Waals surface area contributed by atoms with Gasteiger partial charge >= 0.3 is 5.97 Å². The number of benzene rings is 1. The molecule has 0 aliphatic heterocycles. The maximum atomic E-state index is 11.9. The molecule has 1 aromatic carbocycles. The first-order chi connectivity index (χ1) is 9.83. The van der Waals surface area contributed by atoms with Crippen LogP contribution >= 0.6 is 11.6 Å². The van der Waals surface area contributed by atoms with Crippen LogP contribution in [0.1, 0.15) is 24.8 Å². The minimum absolute atomic E-state index is 0.0738. The summed E-state index contributed by atoms with van der Waals surface area (Å²) in [5.74, 6) is -0.946. The standard InChI is InChI=1S/C14H16ClNO4S/c15-12-4-2-11(3-5-12)6-9-21(19,20)16-10-14(13(17)18)7-1-8-14/h2-6,9,16H,1,7-8,10H2,(H,17,18)/b9-6+. The summed E-state index contributed by atoms with van der Waals surface area (Å²) < 4.78 is 26.1. The van der Waals surface area contributed by atoms with E-state index in [1.54, 1.807) is 24.3 Å². The molecule has 1 fully saturated rings. The van der Waals surface area contributed by atoms with Gasteiger partial charge in [-0.2, -0.15) is 0 Å². The molecule has 0 atom stereocenters. The van der Waals surface area contributed by atoms with Crippen LogP contribution in [0.3, 0.4) is 0 Å². The largest absolute Gasteiger partial charge is 0.481 e. The van der Waals surface area contributed by atoms with E-state index in [4.69, 9.17) is 16.7 Å². The summed E-state index contributed by atoms with van der Waals surface area (Å²) in [6.45, 7) is -0.0738. The first kappa shape index (κ1) is 16.0. The molecular weight excluding hydrogens is 314 g/mol. The van der Waals surface area contributed by atoms with E-state index in [1.807, 2.05) is 0 Å². The van der Waals surface area contributed by atoms with Crippen LogP contribution < -0.4 is 4.72 Å². The van der Waals surface area contributed by atoms with Gasteiger partial charge in [0.05, 0.1) is 5.41 Å². The van der Waals surface area contributed by atoms with Crippen molar-refractivity contribution in [2.75, 3.05) is 6.54 Å². The average Bonchev–Trinajstić information content (AvgIpc) is 2.36. The predicted molar refractivity (Wildman–Crippen MR) is 81.3 cm³/mol. The minimum Gasteiger partial charge on any atom is -0.481 e. The van der Waals surface area contributed by atoms with Crippen LogP contribution in [0.4, 0.5) is 0 Å². The molecule has 0 saturated heterocycles. The van der Waals surface area contributed by atoms with E-state index in [2.05, 4.69) is 4.72 Å². The summed E-state index contributed by atoms with van der Waals surface area (Å²) in [6, 6.07) is 6.71. The highest BCUT2D eigenvalue weighted by atomic mass is 35.5. The van der Waals surface area contributed by atoms with Gasteiger partial charge in [0, 0.05) is 17.0 Å². The molecule has 2 rings (SSSR count). The number of halogens is 1. The van der Waals surface area contributed by atoms with E-state index in [0.29, 0.717) is 23.4 Å². The number of carboxylic acid groups (broad SMARTS) is 1. The van der Waals surface area contributed by atoms with E-state index < -0.39 is 21.4 Å². The summed E-state index contributed by atoms with van der Waals surface area (Å²) >= 11 is 5.74. The van der Waals surface area contributed by atoms with E-state index in [1.165, 1.54) is 6.08 Å². The first-order valence-electron chi connectivity index (χ1n) is 6.50. The van der Waals surface area contributed by atoms with Gasteiger partial charge in [-0.1, -0.05) is 30.2 Å². The van der Waals surface area contributed by atoms with Crippen molar-refractivity contribution in [2.24, 2.45) is 5.41 Å². The van der Waals surface area contributed by atoms with Gasteiger partial charge in [-0.05, 0) is 36.6 Å². The Morgan fingerprint density at radius 2 is 1.95 bits per heavy atom. The molecule has 0 amide bonds. The van der Waals surface area contributed by atoms with Crippen LogP contribution in [0.2, 0.25) is 5.02 Å². The maximum Gasteiger partial charge on any atom is 0.310 e. The molecule has 0 radical (unpaired) electrons. The van der Waals surface area contributed by atoms with Crippen LogP contribution in [0, 0.1) is 5.41 Å². The smallest absolute Gasteiger partial charge is 0.310 e. The Balaban J connectivity index is 1.99. The highest BCUT2D eigenvalue weighted by molar-refractivity contribution is 7.92. The second-order valence-corrected chi connectivity index (χ2v) is 7.25. The van der Waals surface area contributed by atoms with Gasteiger partial charge in [0.15, 0.2) is 0 Å². The number of rotatable bonds is 6. The Labute approximate surface area is 128 Å². The molecule has 0 aromatic heterocycles. The van der Waals surface area contributed by atoms with Gasteiger partial charge in [-0.25, -0.2) is 13.1 Å². The van der Waals surface area contributed by atoms with E-state index in [0.717, 1.165) is 11.8 Å². The summed E-state index contributed by atoms with van der Waals surface area (Å²) in [4.78, 5) is 11.2. The number of carboxylic acids is 1. The predicted octanol–water partition coefficient (Wildman–Crippen LogP) is 2.49. The van der Waals surface area contributed by atoms with Crippen molar-refractivity contribution >= 4 is 33.7 Å². The summed E-state index contributed by atoms with van der Waals surface area (Å²) in [5, 5.41) is 10.8. The van der Waals surface area contributed by atoms with Crippen LogP contribution in [-0.4, -0.2) is 26.0 Å². The van der Waals surface area contributed by atoms with Gasteiger partial charge < -0.3 is 5.11 Å². The highest BCUT2D eigenvalue weighted by Gasteiger charge is 2.44. The first-order valence-corrected chi connectivity index (χ1v) is 8.42. The van der Waals surface area contributed by atoms with Crippen molar-refractivity contribution in [3.05, 3.63) is 40.3 Å². The summed E-state index contributed by atoms with van der Waals surface area (Å²) in [5.41, 5.74) is -0.248. The molecule has 21 heavy (non-hydrogen) atoms. The average molecular weight is 330 g/mol. The summed E-state index contributed by atoms with van der Waals surface area (Å²) in [7, 11) is -3.66. The van der Waals surface area contributed by atoms with Crippen molar-refractivity contribution in [1.29, 1.82) is 0 Å². The van der Waals surface area contributed by atoms with E-state index in [9.17, 15) is 13.2 Å². The molecule has 0 bridgehead atoms. The molecule has 0 heterocycles. The van der Waals surface area contributed by atoms with Gasteiger partial charge in [-0.15, -0.1) is 0 Å². The fourth-order valence-electron chi connectivity index (χ4n) is 2.10. The number of hydrogen-bond acceptors (Lipinski definition) is 3. The molecule has 1 aliphatic carbocycles. The lowest BCUT2D eigenvalue weighted by molar-refractivity contribution is -0.153. The van der Waals surface area contributed by atoms with Crippen LogP contribution in [0.25, 0.3) is 6.08 Å². The Hall–Kier alpha value is -1.37. The topological polar surface area (TPSA) is 83.5 Å². The fraction of sp³-hybridized carbons (Fsp3) is 0.357. The van der Waals surface area contributed by atoms with Crippen LogP contribution in [0.15, 0.2) is 29.7 Å². The van der Waals surface area contributed by atoms with Gasteiger partial charge in [-0.3, -0.25) is 4.79 Å². The van der Waals surface area contributed by atoms with Crippen LogP contribution in [-0.2, 0) is 14.8 Å². The fourth-order valence-corrected chi connectivity index (χ4v) is 3.13. The van der Waals surface area contributed by atoms with Gasteiger partial charge in [0.1, 0.15) is 0 Å². The number of nitrogens with one attached hydrogen (secondary N) is 1. The lowest BCUT2D eigenvalue weighted by atomic mass is 9.69. The third-order valence-electron chi connectivity index (χ3n) is 3.69. The Morgan fingerprint density at radius 1 is 1.33 bits per heavy atom. The molecule has 0 unspecified atom stereocenters. The normalized spacial score (nSPS) is 17.6. The van der Waals surface area contributed by atoms with Crippen molar-refractivity contribution < 1.29 is 18.3 Å². The van der Waals surface area contributed by atoms with Gasteiger partial charge in [0.2, 0.25) is 10.0 Å². The third-order valence-corrected chi connectivity index (χ3v) is 4.98. The molecule has 1 saturated carbocycles. The molecule has 1 aromatic rings. The molecule has 1 aliphatic rings. The van der Waals surface area contributed by atoms with E-state index in [-0.39, 0.29) is 6.54 Å². The number of sulfonamides is 1. The second kappa shape index (κ2) is 6.17. The minimum atomic E-state index is -3.66. The van der Waals surface area contributed by atoms with Gasteiger partial charge in [0.25, 0.3) is 0 Å². The SMILES string of the molecule is O=C(O)C1(CNS(=O)(=O)/C=C/c2ccc(Cl)cc2)CCC1. The third kappa shape index (κ3) is 4.06. The quantitative estimate of drug-likeness (QED) is 0.839. The maximum absolute atomic E-state index is 11.9. The lowest BCUT2D eigenvalue weighted by Crippen LogP contribution is -2.47. The highest BCUT2D eigenvalue weighted by Crippen LogP contribution is 2.40. The molecular formula is C14H16ClNO4S. The number of aliphatic carboxylic acids is 1. The zero-order valence-corrected chi connectivity index (χ0v) is 12.8. The molecule has 0 spiro atoms. The Bertz CT molecular complexity index is 648. The summed E-state index contributed by atoms with van der Waals surface area (Å²) in [6.07, 6.45) is 3.26. The monoisotopic (exact) mass is 329 g/mol. The second-order valence-electron chi connectivity index (χ2n) is 5.16. The Morgan fingerprint density at radius 3 is 2.43 bits per heavy atom. The number of carbonyl (C=O) groups is 1. The van der Waals surface area contributed by atoms with Crippen molar-refractivity contribution in [3.63, 3.8) is 0 Å². The zero-order chi connectivity index (χ0) is 15.5. The molecule has 114 valence electrons. The van der Waals surface area contributed by atoms with Crippen molar-refractivity contribution in [2.45, 2.75) is 19.3 Å². The molecule has 2 N–H and O–H groups in total. The lowest BCUT2D eigenvalue weighted by Gasteiger charge is -2.37. The molecule has 7 heteroatoms. The zero-order valence-electron chi connectivity index (χ0n) is 11.3. The van der Waals surface area contributed by atoms with Crippen LogP contribution in [0.5, 0.6) is 0 Å². The van der Waals surface area contributed by atoms with E-state index >= 15 is 0 Å². The molecule has 5 nitrogen and oxygen atoms in total. The van der Waals surface area contributed by atoms with Crippen molar-refractivity contribution in [3.8, 4) is 0 Å². The van der Waals surface area contributed by atoms with Crippen molar-refractivity contribution in [1.82, 2.24) is 4.72 Å².